The lowest BCUT2D eigenvalue weighted by molar-refractivity contribution is 0.474. The van der Waals surface area contributed by atoms with Crippen molar-refractivity contribution in [2.45, 2.75) is 0 Å². The van der Waals surface area contributed by atoms with E-state index in [1.807, 2.05) is 19.0 Å². The summed E-state index contributed by atoms with van der Waals surface area (Å²) < 4.78 is 12.6. The van der Waals surface area contributed by atoms with Crippen molar-refractivity contribution in [2.24, 2.45) is 0 Å². The van der Waals surface area contributed by atoms with E-state index < -0.39 is 7.20 Å². The van der Waals surface area contributed by atoms with Gasteiger partial charge in [0, 0.05) is 6.29 Å². The van der Waals surface area contributed by atoms with Crippen molar-refractivity contribution in [3.05, 3.63) is 0 Å². The highest BCUT2D eigenvalue weighted by Gasteiger charge is 2.03. The van der Waals surface area contributed by atoms with Crippen LogP contribution < -0.4 is 0 Å². The van der Waals surface area contributed by atoms with Crippen LogP contribution in [0.1, 0.15) is 0 Å². The molecular weight excluding hydrogens is 124 g/mol. The highest BCUT2D eigenvalue weighted by molar-refractivity contribution is 7.67. The monoisotopic (exact) mass is 137 g/mol. The maximum Gasteiger partial charge on any atom is 0.0596 e. The van der Waals surface area contributed by atoms with Crippen molar-refractivity contribution in [1.29, 1.82) is 0 Å². The lowest BCUT2D eigenvalue weighted by Crippen LogP contribution is -2.11. The van der Waals surface area contributed by atoms with Gasteiger partial charge in [-0.1, -0.05) is 6.30 Å². The van der Waals surface area contributed by atoms with Gasteiger partial charge in [0.1, 0.15) is 0 Å². The first-order chi connectivity index (χ1) is 3.42. The lowest BCUT2D eigenvalue weighted by atomic mass is 11.0. The zero-order chi connectivity index (χ0) is 6.78. The third-order valence-corrected chi connectivity index (χ3v) is 1.73. The number of hydrogen-bond acceptors (Lipinski definition) is 1. The van der Waals surface area contributed by atoms with E-state index in [9.17, 15) is 4.20 Å². The zero-order valence-electron chi connectivity index (χ0n) is 5.69. The van der Waals surface area contributed by atoms with Crippen molar-refractivity contribution in [3.8, 4) is 0 Å². The van der Waals surface area contributed by atoms with Gasteiger partial charge in [0.15, 0.2) is 0 Å². The molecule has 1 atom stereocenters. The molecule has 0 fully saturated rings. The van der Waals surface area contributed by atoms with Gasteiger partial charge in [0.2, 0.25) is 0 Å². The van der Waals surface area contributed by atoms with E-state index in [0.717, 1.165) is 0 Å². The average Bonchev–Trinajstić information content (AvgIpc) is 1.21. The standard InChI is InChI=1S/C5H13FNP/c1-7(2)5-8(3,4)6/h3,5H2,1-2,4H3. The van der Waals surface area contributed by atoms with Gasteiger partial charge in [-0.3, -0.25) is 0 Å². The van der Waals surface area contributed by atoms with Gasteiger partial charge >= 0.3 is 0 Å². The molecular formula is C5H13FNP. The maximum atomic E-state index is 12.6. The summed E-state index contributed by atoms with van der Waals surface area (Å²) in [5, 5.41) is 0. The Bertz CT molecular complexity index is 105. The van der Waals surface area contributed by atoms with E-state index in [0.29, 0.717) is 6.29 Å². The number of rotatable bonds is 2. The van der Waals surface area contributed by atoms with Crippen LogP contribution in [-0.4, -0.2) is 38.2 Å². The summed E-state index contributed by atoms with van der Waals surface area (Å²) in [5.41, 5.74) is 0. The van der Waals surface area contributed by atoms with Crippen molar-refractivity contribution < 1.29 is 4.20 Å². The molecule has 1 unspecified atom stereocenters. The minimum absolute atomic E-state index is 0.493. The predicted molar refractivity (Wildman–Crippen MR) is 39.6 cm³/mol. The minimum Gasteiger partial charge on any atom is -0.303 e. The molecule has 0 saturated carbocycles. The fourth-order valence-corrected chi connectivity index (χ4v) is 1.77. The molecule has 0 aromatic heterocycles. The van der Waals surface area contributed by atoms with E-state index in [4.69, 9.17) is 0 Å². The molecule has 0 aromatic carbocycles. The lowest BCUT2D eigenvalue weighted by Gasteiger charge is -2.13. The molecule has 0 aliphatic heterocycles. The third-order valence-electron chi connectivity index (χ3n) is 0.578. The molecule has 0 aromatic rings. The van der Waals surface area contributed by atoms with Crippen molar-refractivity contribution in [3.63, 3.8) is 0 Å². The summed E-state index contributed by atoms with van der Waals surface area (Å²) in [6.07, 6.45) is 3.91. The Hall–Kier alpha value is 0.190. The summed E-state index contributed by atoms with van der Waals surface area (Å²) in [4.78, 5) is 1.82. The maximum absolute atomic E-state index is 12.6. The molecule has 0 aliphatic carbocycles. The molecule has 0 saturated heterocycles. The number of halogens is 1. The van der Waals surface area contributed by atoms with E-state index in [1.165, 1.54) is 0 Å². The Balaban J connectivity index is 3.56. The van der Waals surface area contributed by atoms with E-state index in [-0.39, 0.29) is 0 Å². The van der Waals surface area contributed by atoms with Crippen LogP contribution in [0.3, 0.4) is 0 Å². The van der Waals surface area contributed by atoms with Crippen LogP contribution in [-0.2, 0) is 0 Å². The quantitative estimate of drug-likeness (QED) is 0.521. The fourth-order valence-electron chi connectivity index (χ4n) is 0.590. The molecule has 0 rings (SSSR count). The zero-order valence-corrected chi connectivity index (χ0v) is 6.58. The molecule has 0 radical (unpaired) electrons. The molecule has 1 nitrogen and oxygen atoms in total. The van der Waals surface area contributed by atoms with Crippen LogP contribution in [0.2, 0.25) is 0 Å². The normalized spacial score (nSPS) is 18.6. The van der Waals surface area contributed by atoms with Gasteiger partial charge in [-0.25, -0.2) is 4.20 Å². The molecule has 50 valence electrons. The Labute approximate surface area is 50.6 Å². The summed E-state index contributed by atoms with van der Waals surface area (Å²) in [7, 11) is 1.40. The second-order valence-electron chi connectivity index (χ2n) is 2.49. The summed E-state index contributed by atoms with van der Waals surface area (Å²) in [6, 6.07) is 0. The predicted octanol–water partition coefficient (Wildman–Crippen LogP) is 1.47. The van der Waals surface area contributed by atoms with E-state index >= 15 is 0 Å². The largest absolute Gasteiger partial charge is 0.303 e. The topological polar surface area (TPSA) is 3.24 Å². The van der Waals surface area contributed by atoms with Crippen molar-refractivity contribution >= 4 is 13.5 Å². The average molecular weight is 137 g/mol. The Morgan fingerprint density at radius 3 is 2.00 bits per heavy atom. The first-order valence-electron chi connectivity index (χ1n) is 2.46. The second kappa shape index (κ2) is 2.65. The summed E-state index contributed by atoms with van der Waals surface area (Å²) >= 11 is 0. The van der Waals surface area contributed by atoms with Crippen LogP contribution in [0.15, 0.2) is 0 Å². The molecule has 0 N–H and O–H groups in total. The first-order valence-corrected chi connectivity index (χ1v) is 4.96. The van der Waals surface area contributed by atoms with E-state index in [2.05, 4.69) is 6.30 Å². The number of nitrogens with zero attached hydrogens (tertiary/aromatic N) is 1. The van der Waals surface area contributed by atoms with Crippen LogP contribution in [0.4, 0.5) is 4.20 Å². The molecule has 0 bridgehead atoms. The van der Waals surface area contributed by atoms with Crippen LogP contribution in [0.5, 0.6) is 0 Å². The summed E-state index contributed by atoms with van der Waals surface area (Å²) in [6.45, 7) is 1.58. The van der Waals surface area contributed by atoms with Gasteiger partial charge in [0.25, 0.3) is 0 Å². The molecule has 8 heavy (non-hydrogen) atoms. The van der Waals surface area contributed by atoms with Gasteiger partial charge in [0.05, 0.1) is 7.20 Å². The van der Waals surface area contributed by atoms with Crippen molar-refractivity contribution in [2.75, 3.05) is 27.0 Å². The molecule has 3 heteroatoms. The number of hydrogen-bond donors (Lipinski definition) is 0. The molecule has 0 amide bonds. The smallest absolute Gasteiger partial charge is 0.0596 e. The van der Waals surface area contributed by atoms with Crippen LogP contribution >= 0.6 is 7.20 Å². The minimum atomic E-state index is -2.30. The molecule has 0 spiro atoms. The second-order valence-corrected chi connectivity index (χ2v) is 5.30. The van der Waals surface area contributed by atoms with Gasteiger partial charge in [-0.2, -0.15) is 0 Å². The highest BCUT2D eigenvalue weighted by Crippen LogP contribution is 2.41. The van der Waals surface area contributed by atoms with Crippen LogP contribution in [0, 0.1) is 0 Å². The highest BCUT2D eigenvalue weighted by atomic mass is 31.2. The molecule has 0 aliphatic rings. The summed E-state index contributed by atoms with van der Waals surface area (Å²) in [5.74, 6) is 0. The third kappa shape index (κ3) is 6.19. The fraction of sp³-hybridized carbons (Fsp3) is 0.800. The van der Waals surface area contributed by atoms with Gasteiger partial charge in [-0.05, 0) is 20.8 Å². The first kappa shape index (κ1) is 8.19. The van der Waals surface area contributed by atoms with Gasteiger partial charge < -0.3 is 4.90 Å². The van der Waals surface area contributed by atoms with Crippen LogP contribution in [0.25, 0.3) is 0 Å². The van der Waals surface area contributed by atoms with Crippen molar-refractivity contribution in [1.82, 2.24) is 4.90 Å². The molecule has 0 heterocycles. The Morgan fingerprint density at radius 2 is 2.00 bits per heavy atom. The van der Waals surface area contributed by atoms with Gasteiger partial charge in [-0.15, -0.1) is 0 Å². The SMILES string of the molecule is C=P(C)(F)CN(C)C. The Kier molecular flexibility index (Phi) is 2.72. The Morgan fingerprint density at radius 1 is 1.62 bits per heavy atom. The van der Waals surface area contributed by atoms with E-state index in [1.54, 1.807) is 6.66 Å².